The van der Waals surface area contributed by atoms with E-state index in [0.29, 0.717) is 6.04 Å². The second-order valence-corrected chi connectivity index (χ2v) is 6.21. The van der Waals surface area contributed by atoms with Gasteiger partial charge in [-0.3, -0.25) is 4.90 Å². The van der Waals surface area contributed by atoms with Crippen molar-refractivity contribution >= 4 is 0 Å². The standard InChI is InChI=1S/C17H28N2/c1-14(2)12-18-13-15(3)19-10-8-16-6-4-5-7-17(16)9-11-19/h4-7,14-15,18H,8-13H2,1-3H3. The first-order valence-corrected chi connectivity index (χ1v) is 7.68. The monoisotopic (exact) mass is 260 g/mol. The molecule has 0 aliphatic carbocycles. The van der Waals surface area contributed by atoms with E-state index >= 15 is 0 Å². The summed E-state index contributed by atoms with van der Waals surface area (Å²) in [4.78, 5) is 2.63. The third kappa shape index (κ3) is 4.32. The van der Waals surface area contributed by atoms with E-state index in [-0.39, 0.29) is 0 Å². The molecule has 0 amide bonds. The minimum Gasteiger partial charge on any atom is -0.315 e. The molecule has 1 N–H and O–H groups in total. The summed E-state index contributed by atoms with van der Waals surface area (Å²) in [7, 11) is 0. The molecule has 0 spiro atoms. The molecule has 1 heterocycles. The van der Waals surface area contributed by atoms with Crippen LogP contribution in [0, 0.1) is 5.92 Å². The van der Waals surface area contributed by atoms with Crippen LogP contribution in [0.15, 0.2) is 24.3 Å². The maximum absolute atomic E-state index is 3.58. The van der Waals surface area contributed by atoms with Crippen molar-refractivity contribution in [2.24, 2.45) is 5.92 Å². The lowest BCUT2D eigenvalue weighted by atomic mass is 10.0. The fourth-order valence-electron chi connectivity index (χ4n) is 2.84. The summed E-state index contributed by atoms with van der Waals surface area (Å²) < 4.78 is 0. The lowest BCUT2D eigenvalue weighted by Gasteiger charge is -2.28. The van der Waals surface area contributed by atoms with E-state index in [1.807, 2.05) is 0 Å². The first kappa shape index (κ1) is 14.5. The van der Waals surface area contributed by atoms with E-state index < -0.39 is 0 Å². The van der Waals surface area contributed by atoms with Crippen LogP contribution in [0.2, 0.25) is 0 Å². The number of hydrogen-bond acceptors (Lipinski definition) is 2. The molecule has 2 heteroatoms. The van der Waals surface area contributed by atoms with E-state index in [4.69, 9.17) is 0 Å². The number of rotatable bonds is 5. The Labute approximate surface area is 118 Å². The Morgan fingerprint density at radius 2 is 1.58 bits per heavy atom. The van der Waals surface area contributed by atoms with Crippen LogP contribution in [0.25, 0.3) is 0 Å². The van der Waals surface area contributed by atoms with Crippen molar-refractivity contribution in [3.63, 3.8) is 0 Å². The third-order valence-corrected chi connectivity index (χ3v) is 4.07. The van der Waals surface area contributed by atoms with Crippen molar-refractivity contribution in [1.82, 2.24) is 10.2 Å². The molecule has 0 saturated heterocycles. The van der Waals surface area contributed by atoms with Gasteiger partial charge in [-0.1, -0.05) is 38.1 Å². The predicted octanol–water partition coefficient (Wildman–Crippen LogP) is 2.72. The van der Waals surface area contributed by atoms with Crippen molar-refractivity contribution in [3.8, 4) is 0 Å². The summed E-state index contributed by atoms with van der Waals surface area (Å²) in [6.45, 7) is 11.5. The fraction of sp³-hybridized carbons (Fsp3) is 0.647. The van der Waals surface area contributed by atoms with Crippen LogP contribution < -0.4 is 5.32 Å². The van der Waals surface area contributed by atoms with Gasteiger partial charge in [-0.2, -0.15) is 0 Å². The zero-order valence-corrected chi connectivity index (χ0v) is 12.7. The lowest BCUT2D eigenvalue weighted by molar-refractivity contribution is 0.212. The Kier molecular flexibility index (Phi) is 5.41. The highest BCUT2D eigenvalue weighted by atomic mass is 15.2. The summed E-state index contributed by atoms with van der Waals surface area (Å²) in [5, 5.41) is 3.58. The molecule has 1 aromatic rings. The zero-order valence-electron chi connectivity index (χ0n) is 12.7. The van der Waals surface area contributed by atoms with Crippen LogP contribution in [0.1, 0.15) is 31.9 Å². The number of hydrogen-bond donors (Lipinski definition) is 1. The van der Waals surface area contributed by atoms with Gasteiger partial charge in [0.2, 0.25) is 0 Å². The minimum absolute atomic E-state index is 0.632. The summed E-state index contributed by atoms with van der Waals surface area (Å²) in [5.74, 6) is 0.737. The topological polar surface area (TPSA) is 15.3 Å². The van der Waals surface area contributed by atoms with Crippen LogP contribution in [0.4, 0.5) is 0 Å². The molecule has 2 rings (SSSR count). The van der Waals surface area contributed by atoms with Crippen LogP contribution in [0.5, 0.6) is 0 Å². The second-order valence-electron chi connectivity index (χ2n) is 6.21. The maximum Gasteiger partial charge on any atom is 0.0192 e. The molecule has 19 heavy (non-hydrogen) atoms. The van der Waals surface area contributed by atoms with Crippen molar-refractivity contribution < 1.29 is 0 Å². The molecule has 1 aliphatic rings. The molecule has 2 nitrogen and oxygen atoms in total. The van der Waals surface area contributed by atoms with E-state index in [2.05, 4.69) is 55.3 Å². The molecule has 0 aromatic heterocycles. The minimum atomic E-state index is 0.632. The number of benzene rings is 1. The first-order chi connectivity index (χ1) is 9.16. The molecule has 0 saturated carbocycles. The van der Waals surface area contributed by atoms with Crippen molar-refractivity contribution in [1.29, 1.82) is 0 Å². The van der Waals surface area contributed by atoms with Gasteiger partial charge in [0.05, 0.1) is 0 Å². The van der Waals surface area contributed by atoms with Crippen molar-refractivity contribution in [3.05, 3.63) is 35.4 Å². The molecular weight excluding hydrogens is 232 g/mol. The highest BCUT2D eigenvalue weighted by Crippen LogP contribution is 2.16. The van der Waals surface area contributed by atoms with Gasteiger partial charge in [-0.05, 0) is 43.4 Å². The predicted molar refractivity (Wildman–Crippen MR) is 82.6 cm³/mol. The smallest absolute Gasteiger partial charge is 0.0192 e. The van der Waals surface area contributed by atoms with Crippen LogP contribution in [0.3, 0.4) is 0 Å². The zero-order chi connectivity index (χ0) is 13.7. The molecular formula is C17H28N2. The summed E-state index contributed by atoms with van der Waals surface area (Å²) in [5.41, 5.74) is 3.10. The number of nitrogens with zero attached hydrogens (tertiary/aromatic N) is 1. The molecule has 0 fully saturated rings. The Morgan fingerprint density at radius 1 is 1.00 bits per heavy atom. The van der Waals surface area contributed by atoms with E-state index in [9.17, 15) is 0 Å². The Balaban J connectivity index is 1.83. The third-order valence-electron chi connectivity index (χ3n) is 4.07. The number of fused-ring (bicyclic) bond motifs is 1. The first-order valence-electron chi connectivity index (χ1n) is 7.68. The van der Waals surface area contributed by atoms with Gasteiger partial charge in [-0.15, -0.1) is 0 Å². The lowest BCUT2D eigenvalue weighted by Crippen LogP contribution is -2.42. The van der Waals surface area contributed by atoms with Gasteiger partial charge in [0.1, 0.15) is 0 Å². The highest BCUT2D eigenvalue weighted by Gasteiger charge is 2.17. The Bertz CT molecular complexity index is 360. The summed E-state index contributed by atoms with van der Waals surface area (Å²) in [6, 6.07) is 9.55. The average molecular weight is 260 g/mol. The van der Waals surface area contributed by atoms with Crippen LogP contribution >= 0.6 is 0 Å². The van der Waals surface area contributed by atoms with E-state index in [0.717, 1.165) is 19.0 Å². The molecule has 1 atom stereocenters. The van der Waals surface area contributed by atoms with Gasteiger partial charge in [0.15, 0.2) is 0 Å². The van der Waals surface area contributed by atoms with Gasteiger partial charge in [0, 0.05) is 25.7 Å². The maximum atomic E-state index is 3.58. The molecule has 0 bridgehead atoms. The van der Waals surface area contributed by atoms with E-state index in [1.54, 1.807) is 11.1 Å². The molecule has 1 aliphatic heterocycles. The molecule has 1 aromatic carbocycles. The van der Waals surface area contributed by atoms with Gasteiger partial charge < -0.3 is 5.32 Å². The SMILES string of the molecule is CC(C)CNCC(C)N1CCc2ccccc2CC1. The van der Waals surface area contributed by atoms with Gasteiger partial charge in [0.25, 0.3) is 0 Å². The summed E-state index contributed by atoms with van der Waals surface area (Å²) in [6.07, 6.45) is 2.40. The average Bonchev–Trinajstić information content (AvgIpc) is 2.60. The Hall–Kier alpha value is -0.860. The molecule has 0 radical (unpaired) electrons. The second kappa shape index (κ2) is 7.06. The van der Waals surface area contributed by atoms with E-state index in [1.165, 1.54) is 25.9 Å². The normalized spacial score (nSPS) is 18.1. The Morgan fingerprint density at radius 3 is 2.11 bits per heavy atom. The highest BCUT2D eigenvalue weighted by molar-refractivity contribution is 5.28. The quantitative estimate of drug-likeness (QED) is 0.876. The van der Waals surface area contributed by atoms with Gasteiger partial charge in [-0.25, -0.2) is 0 Å². The largest absolute Gasteiger partial charge is 0.315 e. The molecule has 106 valence electrons. The number of nitrogens with one attached hydrogen (secondary N) is 1. The van der Waals surface area contributed by atoms with Gasteiger partial charge >= 0.3 is 0 Å². The molecule has 1 unspecified atom stereocenters. The fourth-order valence-corrected chi connectivity index (χ4v) is 2.84. The van der Waals surface area contributed by atoms with Crippen LogP contribution in [-0.4, -0.2) is 37.1 Å². The van der Waals surface area contributed by atoms with Crippen molar-refractivity contribution in [2.75, 3.05) is 26.2 Å². The summed E-state index contributed by atoms with van der Waals surface area (Å²) >= 11 is 0. The van der Waals surface area contributed by atoms with Crippen LogP contribution in [-0.2, 0) is 12.8 Å². The van der Waals surface area contributed by atoms with Crippen molar-refractivity contribution in [2.45, 2.75) is 39.7 Å².